The molecule has 0 atom stereocenters. The maximum atomic E-state index is 12.0. The predicted molar refractivity (Wildman–Crippen MR) is 121 cm³/mol. The van der Waals surface area contributed by atoms with Crippen LogP contribution in [-0.2, 0) is 10.5 Å². The minimum Gasteiger partial charge on any atom is -0.318 e. The van der Waals surface area contributed by atoms with Crippen molar-refractivity contribution in [2.24, 2.45) is 5.10 Å². The summed E-state index contributed by atoms with van der Waals surface area (Å²) in [4.78, 5) is 12.0. The first kappa shape index (κ1) is 20.4. The van der Waals surface area contributed by atoms with Crippen LogP contribution in [0.25, 0.3) is 5.69 Å². The molecule has 6 heteroatoms. The van der Waals surface area contributed by atoms with Crippen LogP contribution in [0.4, 0.5) is 0 Å². The highest BCUT2D eigenvalue weighted by Gasteiger charge is 2.09. The number of aryl methyl sites for hydroxylation is 1. The van der Waals surface area contributed by atoms with Gasteiger partial charge in [-0.05, 0) is 49.7 Å². The molecule has 0 saturated carbocycles. The van der Waals surface area contributed by atoms with Gasteiger partial charge in [0.1, 0.15) is 0 Å². The zero-order valence-corrected chi connectivity index (χ0v) is 18.3. The van der Waals surface area contributed by atoms with Crippen molar-refractivity contribution >= 4 is 39.8 Å². The lowest BCUT2D eigenvalue weighted by Gasteiger charge is -2.08. The number of nitrogens with zero attached hydrogens (tertiary/aromatic N) is 2. The number of carbonyl (C=O) groups is 1. The minimum absolute atomic E-state index is 0.104. The first-order valence-corrected chi connectivity index (χ1v) is 10.9. The number of carbonyl (C=O) groups excluding carboxylic acids is 1. The molecule has 1 aromatic heterocycles. The third-order valence-corrected chi connectivity index (χ3v) is 5.77. The third-order valence-electron chi connectivity index (χ3n) is 4.27. The van der Waals surface area contributed by atoms with E-state index in [1.807, 2.05) is 30.3 Å². The summed E-state index contributed by atoms with van der Waals surface area (Å²) in [5, 5.41) is 4.13. The Labute approximate surface area is 178 Å². The molecule has 3 aromatic rings. The molecule has 0 aliphatic rings. The normalized spacial score (nSPS) is 11.1. The Bertz CT molecular complexity index is 983. The Kier molecular flexibility index (Phi) is 7.12. The molecule has 0 spiro atoms. The maximum Gasteiger partial charge on any atom is 0.250 e. The minimum atomic E-state index is -0.104. The van der Waals surface area contributed by atoms with Gasteiger partial charge in [-0.25, -0.2) is 5.43 Å². The second-order valence-electron chi connectivity index (χ2n) is 6.41. The maximum absolute atomic E-state index is 12.0. The van der Waals surface area contributed by atoms with Gasteiger partial charge < -0.3 is 4.57 Å². The quantitative estimate of drug-likeness (QED) is 0.391. The molecule has 0 unspecified atom stereocenters. The van der Waals surface area contributed by atoms with E-state index in [1.165, 1.54) is 5.56 Å². The lowest BCUT2D eigenvalue weighted by molar-refractivity contribution is -0.118. The van der Waals surface area contributed by atoms with Crippen LogP contribution in [0.5, 0.6) is 0 Å². The molecule has 28 heavy (non-hydrogen) atoms. The topological polar surface area (TPSA) is 46.4 Å². The van der Waals surface area contributed by atoms with Gasteiger partial charge in [0.05, 0.1) is 12.0 Å². The van der Waals surface area contributed by atoms with Crippen molar-refractivity contribution in [3.63, 3.8) is 0 Å². The Morgan fingerprint density at radius 1 is 1.14 bits per heavy atom. The molecule has 1 heterocycles. The van der Waals surface area contributed by atoms with Crippen molar-refractivity contribution in [1.29, 1.82) is 0 Å². The molecule has 4 nitrogen and oxygen atoms in total. The molecule has 0 bridgehead atoms. The summed E-state index contributed by atoms with van der Waals surface area (Å²) in [5.41, 5.74) is 8.12. The molecular weight excluding hydrogens is 434 g/mol. The average Bonchev–Trinajstić information content (AvgIpc) is 2.96. The van der Waals surface area contributed by atoms with Crippen LogP contribution in [0.15, 0.2) is 70.2 Å². The van der Waals surface area contributed by atoms with Gasteiger partial charge in [-0.1, -0.05) is 46.3 Å². The van der Waals surface area contributed by atoms with Gasteiger partial charge in [-0.3, -0.25) is 4.79 Å². The zero-order chi connectivity index (χ0) is 19.9. The van der Waals surface area contributed by atoms with Crippen LogP contribution in [0, 0.1) is 13.8 Å². The number of hydrogen-bond acceptors (Lipinski definition) is 3. The SMILES string of the molecule is Cc1cc(/C=N/NC(=O)CSCc2cccc(Br)c2)c(C)n1-c1ccccc1. The second kappa shape index (κ2) is 9.75. The van der Waals surface area contributed by atoms with Crippen molar-refractivity contribution in [3.8, 4) is 5.69 Å². The monoisotopic (exact) mass is 455 g/mol. The summed E-state index contributed by atoms with van der Waals surface area (Å²) in [6.45, 7) is 4.12. The average molecular weight is 456 g/mol. The van der Waals surface area contributed by atoms with Crippen molar-refractivity contribution in [2.75, 3.05) is 5.75 Å². The van der Waals surface area contributed by atoms with Gasteiger partial charge in [0.2, 0.25) is 5.91 Å². The van der Waals surface area contributed by atoms with E-state index in [9.17, 15) is 4.79 Å². The van der Waals surface area contributed by atoms with Crippen LogP contribution in [0.1, 0.15) is 22.5 Å². The number of thioether (sulfide) groups is 1. The van der Waals surface area contributed by atoms with E-state index in [2.05, 4.69) is 75.2 Å². The van der Waals surface area contributed by atoms with Gasteiger partial charge in [0.25, 0.3) is 0 Å². The number of benzene rings is 2. The molecule has 0 saturated heterocycles. The van der Waals surface area contributed by atoms with E-state index in [1.54, 1.807) is 18.0 Å². The lowest BCUT2D eigenvalue weighted by Crippen LogP contribution is -2.19. The van der Waals surface area contributed by atoms with Gasteiger partial charge >= 0.3 is 0 Å². The Morgan fingerprint density at radius 3 is 2.68 bits per heavy atom. The van der Waals surface area contributed by atoms with E-state index in [0.29, 0.717) is 5.75 Å². The molecular formula is C22H22BrN3OS. The summed E-state index contributed by atoms with van der Waals surface area (Å²) in [7, 11) is 0. The van der Waals surface area contributed by atoms with Gasteiger partial charge in [-0.15, -0.1) is 11.8 Å². The van der Waals surface area contributed by atoms with Gasteiger partial charge in [0.15, 0.2) is 0 Å². The van der Waals surface area contributed by atoms with Crippen LogP contribution >= 0.6 is 27.7 Å². The highest BCUT2D eigenvalue weighted by molar-refractivity contribution is 9.10. The van der Waals surface area contributed by atoms with Crippen LogP contribution < -0.4 is 5.43 Å². The molecule has 144 valence electrons. The molecule has 3 rings (SSSR count). The number of rotatable bonds is 7. The number of amides is 1. The Balaban J connectivity index is 1.54. The first-order valence-electron chi connectivity index (χ1n) is 8.93. The molecule has 1 N–H and O–H groups in total. The van der Waals surface area contributed by atoms with E-state index in [0.717, 1.165) is 32.9 Å². The number of hydrazone groups is 1. The summed E-state index contributed by atoms with van der Waals surface area (Å²) < 4.78 is 3.23. The van der Waals surface area contributed by atoms with Gasteiger partial charge in [-0.2, -0.15) is 5.10 Å². The van der Waals surface area contributed by atoms with E-state index in [4.69, 9.17) is 0 Å². The number of nitrogens with one attached hydrogen (secondary N) is 1. The molecule has 0 fully saturated rings. The van der Waals surface area contributed by atoms with Gasteiger partial charge in [0, 0.05) is 32.9 Å². The van der Waals surface area contributed by atoms with Crippen molar-refractivity contribution < 1.29 is 4.79 Å². The van der Waals surface area contributed by atoms with E-state index >= 15 is 0 Å². The molecule has 0 aliphatic carbocycles. The summed E-state index contributed by atoms with van der Waals surface area (Å²) in [6.07, 6.45) is 1.71. The standard InChI is InChI=1S/C22H22BrN3OS/c1-16-11-19(17(2)26(16)21-9-4-3-5-10-21)13-24-25-22(27)15-28-14-18-7-6-8-20(23)12-18/h3-13H,14-15H2,1-2H3,(H,25,27)/b24-13+. The highest BCUT2D eigenvalue weighted by atomic mass is 79.9. The summed E-state index contributed by atoms with van der Waals surface area (Å²) in [6, 6.07) is 20.4. The van der Waals surface area contributed by atoms with Crippen molar-refractivity contribution in [2.45, 2.75) is 19.6 Å². The fourth-order valence-electron chi connectivity index (χ4n) is 2.99. The number of aromatic nitrogens is 1. The molecule has 0 radical (unpaired) electrons. The number of para-hydroxylation sites is 1. The van der Waals surface area contributed by atoms with Crippen LogP contribution in [0.3, 0.4) is 0 Å². The highest BCUT2D eigenvalue weighted by Crippen LogP contribution is 2.19. The predicted octanol–water partition coefficient (Wildman–Crippen LogP) is 5.24. The molecule has 0 aliphatic heterocycles. The van der Waals surface area contributed by atoms with Crippen LogP contribution in [-0.4, -0.2) is 22.4 Å². The zero-order valence-electron chi connectivity index (χ0n) is 15.9. The van der Waals surface area contributed by atoms with Crippen LogP contribution in [0.2, 0.25) is 0 Å². The summed E-state index contributed by atoms with van der Waals surface area (Å²) in [5.74, 6) is 1.05. The van der Waals surface area contributed by atoms with E-state index < -0.39 is 0 Å². The fraction of sp³-hybridized carbons (Fsp3) is 0.182. The fourth-order valence-corrected chi connectivity index (χ4v) is 4.20. The number of halogens is 1. The lowest BCUT2D eigenvalue weighted by atomic mass is 10.2. The third kappa shape index (κ3) is 5.36. The Hall–Kier alpha value is -2.31. The smallest absolute Gasteiger partial charge is 0.250 e. The van der Waals surface area contributed by atoms with E-state index in [-0.39, 0.29) is 5.91 Å². The number of hydrogen-bond donors (Lipinski definition) is 1. The first-order chi connectivity index (χ1) is 13.5. The molecule has 1 amide bonds. The summed E-state index contributed by atoms with van der Waals surface area (Å²) >= 11 is 5.02. The second-order valence-corrected chi connectivity index (χ2v) is 8.31. The largest absolute Gasteiger partial charge is 0.318 e. The van der Waals surface area contributed by atoms with Crippen molar-refractivity contribution in [1.82, 2.24) is 9.99 Å². The Morgan fingerprint density at radius 2 is 1.93 bits per heavy atom. The van der Waals surface area contributed by atoms with Crippen molar-refractivity contribution in [3.05, 3.63) is 87.7 Å². The molecule has 2 aromatic carbocycles.